The molecule has 26 heavy (non-hydrogen) atoms. The first-order valence-corrected chi connectivity index (χ1v) is 8.32. The molecule has 0 amide bonds. The summed E-state index contributed by atoms with van der Waals surface area (Å²) in [4.78, 5) is 16.0. The van der Waals surface area contributed by atoms with Crippen LogP contribution in [0.3, 0.4) is 0 Å². The normalized spacial score (nSPS) is 14.3. The van der Waals surface area contributed by atoms with Gasteiger partial charge < -0.3 is 14.2 Å². The quantitative estimate of drug-likeness (QED) is 0.714. The van der Waals surface area contributed by atoms with E-state index in [-0.39, 0.29) is 12.8 Å². The molecule has 0 atom stereocenters. The third kappa shape index (κ3) is 3.64. The number of methoxy groups -OCH3 is 2. The summed E-state index contributed by atoms with van der Waals surface area (Å²) in [6.07, 6.45) is -4.13. The average Bonchev–Trinajstić information content (AvgIpc) is 2.63. The number of rotatable bonds is 6. The maximum absolute atomic E-state index is 12.8. The number of alkyl halides is 3. The van der Waals surface area contributed by atoms with E-state index in [0.29, 0.717) is 35.7 Å². The molecule has 0 saturated carbocycles. The summed E-state index contributed by atoms with van der Waals surface area (Å²) in [5.74, 6) is -1.25. The van der Waals surface area contributed by atoms with Crippen LogP contribution in [0.25, 0.3) is 0 Å². The molecule has 1 aliphatic rings. The first-order valence-electron chi connectivity index (χ1n) is 8.32. The number of carbonyl (C=O) groups is 1. The second-order valence-electron chi connectivity index (χ2n) is 5.93. The highest BCUT2D eigenvalue weighted by atomic mass is 19.4. The number of fused-ring (bicyclic) bond motifs is 1. The Morgan fingerprint density at radius 1 is 1.12 bits per heavy atom. The van der Waals surface area contributed by atoms with Gasteiger partial charge in [-0.15, -0.1) is 0 Å². The van der Waals surface area contributed by atoms with Gasteiger partial charge in [0.05, 0.1) is 19.9 Å². The molecule has 1 aromatic rings. The number of halogens is 3. The van der Waals surface area contributed by atoms with Crippen molar-refractivity contribution < 1.29 is 32.2 Å². The standard InChI is InChI=1S/C18H22F3NO4/c1-5-17(6-2,26-16(23)18(19,20)21)15-12-10-14(25-4)13(24-3)9-11(12)7-8-22-15/h9-10H,5-8H2,1-4H3. The maximum atomic E-state index is 12.8. The third-order valence-corrected chi connectivity index (χ3v) is 4.61. The molecule has 0 bridgehead atoms. The predicted molar refractivity (Wildman–Crippen MR) is 90.1 cm³/mol. The molecule has 0 radical (unpaired) electrons. The molecule has 0 spiro atoms. The number of benzene rings is 1. The first kappa shape index (κ1) is 20.1. The highest BCUT2D eigenvalue weighted by Crippen LogP contribution is 2.37. The molecular weight excluding hydrogens is 351 g/mol. The van der Waals surface area contributed by atoms with E-state index in [4.69, 9.17) is 14.2 Å². The van der Waals surface area contributed by atoms with Crippen LogP contribution in [0.5, 0.6) is 11.5 Å². The van der Waals surface area contributed by atoms with Gasteiger partial charge in [0.2, 0.25) is 0 Å². The lowest BCUT2D eigenvalue weighted by Gasteiger charge is -2.35. The Morgan fingerprint density at radius 3 is 2.19 bits per heavy atom. The van der Waals surface area contributed by atoms with E-state index >= 15 is 0 Å². The lowest BCUT2D eigenvalue weighted by atomic mass is 9.82. The second kappa shape index (κ2) is 7.55. The molecule has 0 aliphatic carbocycles. The Bertz CT molecular complexity index is 709. The van der Waals surface area contributed by atoms with E-state index in [1.807, 2.05) is 0 Å². The monoisotopic (exact) mass is 373 g/mol. The average molecular weight is 373 g/mol. The van der Waals surface area contributed by atoms with Gasteiger partial charge in [-0.25, -0.2) is 4.79 Å². The fourth-order valence-corrected chi connectivity index (χ4v) is 3.12. The topological polar surface area (TPSA) is 57.1 Å². The Morgan fingerprint density at radius 2 is 1.69 bits per heavy atom. The van der Waals surface area contributed by atoms with Gasteiger partial charge in [0.25, 0.3) is 0 Å². The van der Waals surface area contributed by atoms with Crippen LogP contribution >= 0.6 is 0 Å². The van der Waals surface area contributed by atoms with Gasteiger partial charge in [-0.2, -0.15) is 13.2 Å². The summed E-state index contributed by atoms with van der Waals surface area (Å²) in [6.45, 7) is 3.73. The number of hydrogen-bond acceptors (Lipinski definition) is 5. The van der Waals surface area contributed by atoms with Gasteiger partial charge in [-0.3, -0.25) is 4.99 Å². The van der Waals surface area contributed by atoms with Gasteiger partial charge in [0.15, 0.2) is 17.1 Å². The van der Waals surface area contributed by atoms with Crippen molar-refractivity contribution in [2.45, 2.75) is 44.9 Å². The summed E-state index contributed by atoms with van der Waals surface area (Å²) < 4.78 is 53.9. The van der Waals surface area contributed by atoms with Gasteiger partial charge >= 0.3 is 12.1 Å². The zero-order chi connectivity index (χ0) is 19.5. The molecule has 5 nitrogen and oxygen atoms in total. The molecule has 0 fully saturated rings. The summed E-state index contributed by atoms with van der Waals surface area (Å²) in [5.41, 5.74) is 0.360. The fraction of sp³-hybridized carbons (Fsp3) is 0.556. The maximum Gasteiger partial charge on any atom is 0.490 e. The molecular formula is C18H22F3NO4. The number of nitrogens with zero attached hydrogens (tertiary/aromatic N) is 1. The number of carbonyl (C=O) groups excluding carboxylic acids is 1. The Hall–Kier alpha value is -2.25. The number of esters is 1. The van der Waals surface area contributed by atoms with Crippen molar-refractivity contribution in [3.05, 3.63) is 23.3 Å². The summed E-state index contributed by atoms with van der Waals surface area (Å²) in [5, 5.41) is 0. The van der Waals surface area contributed by atoms with Crippen molar-refractivity contribution in [1.82, 2.24) is 0 Å². The van der Waals surface area contributed by atoms with Crippen molar-refractivity contribution >= 4 is 11.7 Å². The van der Waals surface area contributed by atoms with Crippen LogP contribution in [0.1, 0.15) is 37.8 Å². The number of hydrogen-bond donors (Lipinski definition) is 0. The van der Waals surface area contributed by atoms with Crippen LogP contribution in [0.15, 0.2) is 17.1 Å². The Kier molecular flexibility index (Phi) is 5.83. The van der Waals surface area contributed by atoms with Crippen LogP contribution in [0.2, 0.25) is 0 Å². The molecule has 0 N–H and O–H groups in total. The summed E-state index contributed by atoms with van der Waals surface area (Å²) >= 11 is 0. The van der Waals surface area contributed by atoms with E-state index in [1.165, 1.54) is 14.2 Å². The van der Waals surface area contributed by atoms with Crippen molar-refractivity contribution in [1.29, 1.82) is 0 Å². The van der Waals surface area contributed by atoms with Gasteiger partial charge in [0, 0.05) is 12.1 Å². The number of aliphatic imine (C=N–C) groups is 1. The smallest absolute Gasteiger partial charge is 0.490 e. The first-order chi connectivity index (χ1) is 12.2. The molecule has 1 aromatic carbocycles. The minimum Gasteiger partial charge on any atom is -0.493 e. The highest BCUT2D eigenvalue weighted by molar-refractivity contribution is 6.09. The van der Waals surface area contributed by atoms with Crippen molar-refractivity contribution in [2.24, 2.45) is 4.99 Å². The van der Waals surface area contributed by atoms with E-state index in [9.17, 15) is 18.0 Å². The minimum atomic E-state index is -5.06. The number of ether oxygens (including phenoxy) is 3. The second-order valence-corrected chi connectivity index (χ2v) is 5.93. The minimum absolute atomic E-state index is 0.165. The third-order valence-electron chi connectivity index (χ3n) is 4.61. The molecule has 0 saturated heterocycles. The summed E-state index contributed by atoms with van der Waals surface area (Å²) in [6, 6.07) is 3.46. The van der Waals surface area contributed by atoms with Gasteiger partial charge in [0.1, 0.15) is 0 Å². The molecule has 0 unspecified atom stereocenters. The van der Waals surface area contributed by atoms with Crippen molar-refractivity contribution in [3.8, 4) is 11.5 Å². The van der Waals surface area contributed by atoms with Crippen LogP contribution in [0.4, 0.5) is 13.2 Å². The lowest BCUT2D eigenvalue weighted by Crippen LogP contribution is -2.47. The van der Waals surface area contributed by atoms with Crippen molar-refractivity contribution in [2.75, 3.05) is 20.8 Å². The molecule has 144 valence electrons. The van der Waals surface area contributed by atoms with E-state index in [1.54, 1.807) is 26.0 Å². The molecule has 8 heteroatoms. The SMILES string of the molecule is CCC(CC)(OC(=O)C(F)(F)F)C1=NCCc2cc(OC)c(OC)cc21. The summed E-state index contributed by atoms with van der Waals surface area (Å²) in [7, 11) is 2.98. The van der Waals surface area contributed by atoms with E-state index in [0.717, 1.165) is 5.56 Å². The van der Waals surface area contributed by atoms with Crippen LogP contribution in [-0.2, 0) is 16.0 Å². The Labute approximate surface area is 150 Å². The largest absolute Gasteiger partial charge is 0.493 e. The van der Waals surface area contributed by atoms with E-state index in [2.05, 4.69) is 4.99 Å². The van der Waals surface area contributed by atoms with Crippen LogP contribution < -0.4 is 9.47 Å². The Balaban J connectivity index is 2.55. The van der Waals surface area contributed by atoms with Crippen LogP contribution in [0, 0.1) is 0 Å². The highest BCUT2D eigenvalue weighted by Gasteiger charge is 2.48. The van der Waals surface area contributed by atoms with E-state index < -0.39 is 17.7 Å². The lowest BCUT2D eigenvalue weighted by molar-refractivity contribution is -0.209. The van der Waals surface area contributed by atoms with Crippen LogP contribution in [-0.4, -0.2) is 44.2 Å². The van der Waals surface area contributed by atoms with Crippen molar-refractivity contribution in [3.63, 3.8) is 0 Å². The zero-order valence-corrected chi connectivity index (χ0v) is 15.2. The predicted octanol–water partition coefficient (Wildman–Crippen LogP) is 3.71. The molecule has 2 rings (SSSR count). The van der Waals surface area contributed by atoms with Gasteiger partial charge in [-0.05, 0) is 37.0 Å². The molecule has 0 aromatic heterocycles. The molecule has 1 aliphatic heterocycles. The fourth-order valence-electron chi connectivity index (χ4n) is 3.12. The zero-order valence-electron chi connectivity index (χ0n) is 15.2. The molecule has 1 heterocycles. The van der Waals surface area contributed by atoms with Gasteiger partial charge in [-0.1, -0.05) is 13.8 Å².